The van der Waals surface area contributed by atoms with Crippen LogP contribution in [0.1, 0.15) is 23.9 Å². The second-order valence-electron chi connectivity index (χ2n) is 6.96. The number of ether oxygens (including phenoxy) is 1. The van der Waals surface area contributed by atoms with E-state index in [1.807, 2.05) is 36.5 Å². The SMILES string of the molecule is CCc1c(-c2nnc(C)o2)ncc2[nH]c3ccc(OCc4ccccc4)cc3c12. The van der Waals surface area contributed by atoms with Gasteiger partial charge in [-0.05, 0) is 35.7 Å². The maximum atomic E-state index is 6.04. The van der Waals surface area contributed by atoms with Gasteiger partial charge in [0.1, 0.15) is 18.1 Å². The molecule has 0 atom stereocenters. The van der Waals surface area contributed by atoms with Crippen LogP contribution in [-0.2, 0) is 13.0 Å². The predicted octanol–water partition coefficient (Wildman–Crippen LogP) is 5.22. The minimum atomic E-state index is 0.451. The summed E-state index contributed by atoms with van der Waals surface area (Å²) in [6.07, 6.45) is 2.62. The first kappa shape index (κ1) is 17.4. The number of hydrogen-bond donors (Lipinski definition) is 1. The molecule has 0 aliphatic heterocycles. The molecule has 0 aliphatic rings. The number of hydrogen-bond acceptors (Lipinski definition) is 5. The number of aromatic amines is 1. The molecule has 0 spiro atoms. The van der Waals surface area contributed by atoms with Crippen molar-refractivity contribution in [3.05, 3.63) is 71.7 Å². The Morgan fingerprint density at radius 2 is 1.90 bits per heavy atom. The molecule has 6 heteroatoms. The van der Waals surface area contributed by atoms with Gasteiger partial charge >= 0.3 is 0 Å². The van der Waals surface area contributed by atoms with Crippen molar-refractivity contribution in [1.29, 1.82) is 0 Å². The average molecular weight is 384 g/mol. The second-order valence-corrected chi connectivity index (χ2v) is 6.96. The zero-order valence-electron chi connectivity index (χ0n) is 16.3. The van der Waals surface area contributed by atoms with Crippen LogP contribution in [0.5, 0.6) is 5.75 Å². The maximum absolute atomic E-state index is 6.04. The molecule has 1 N–H and O–H groups in total. The Hall–Kier alpha value is -3.67. The third kappa shape index (κ3) is 3.12. The summed E-state index contributed by atoms with van der Waals surface area (Å²) in [5, 5.41) is 10.3. The summed E-state index contributed by atoms with van der Waals surface area (Å²) in [6, 6.07) is 16.3. The zero-order chi connectivity index (χ0) is 19.8. The summed E-state index contributed by atoms with van der Waals surface area (Å²) in [4.78, 5) is 8.05. The highest BCUT2D eigenvalue weighted by Gasteiger charge is 2.18. The van der Waals surface area contributed by atoms with Gasteiger partial charge in [0.05, 0.1) is 11.7 Å². The monoisotopic (exact) mass is 384 g/mol. The van der Waals surface area contributed by atoms with Crippen LogP contribution in [0.4, 0.5) is 0 Å². The molecule has 0 aliphatic carbocycles. The number of benzene rings is 2. The topological polar surface area (TPSA) is 76.8 Å². The van der Waals surface area contributed by atoms with E-state index >= 15 is 0 Å². The lowest BCUT2D eigenvalue weighted by atomic mass is 10.0. The molecule has 0 saturated carbocycles. The molecule has 6 nitrogen and oxygen atoms in total. The van der Waals surface area contributed by atoms with E-state index in [2.05, 4.69) is 45.3 Å². The number of H-pyrrole nitrogens is 1. The highest BCUT2D eigenvalue weighted by Crippen LogP contribution is 2.35. The Morgan fingerprint density at radius 3 is 2.66 bits per heavy atom. The minimum Gasteiger partial charge on any atom is -0.489 e. The summed E-state index contributed by atoms with van der Waals surface area (Å²) in [6.45, 7) is 4.42. The fourth-order valence-electron chi connectivity index (χ4n) is 3.69. The maximum Gasteiger partial charge on any atom is 0.266 e. The van der Waals surface area contributed by atoms with E-state index in [0.29, 0.717) is 18.4 Å². The van der Waals surface area contributed by atoms with Gasteiger partial charge in [-0.2, -0.15) is 0 Å². The van der Waals surface area contributed by atoms with Crippen molar-refractivity contribution in [1.82, 2.24) is 20.2 Å². The average Bonchev–Trinajstić information content (AvgIpc) is 3.35. The second kappa shape index (κ2) is 7.05. The predicted molar refractivity (Wildman–Crippen MR) is 112 cm³/mol. The number of nitrogens with zero attached hydrogens (tertiary/aromatic N) is 3. The molecule has 3 heterocycles. The van der Waals surface area contributed by atoms with Crippen LogP contribution in [-0.4, -0.2) is 20.2 Å². The number of nitrogens with one attached hydrogen (secondary N) is 1. The standard InChI is InChI=1S/C23H20N4O2/c1-3-17-21-18-11-16(28-13-15-7-5-4-6-8-15)9-10-19(18)25-20(21)12-24-22(17)23-27-26-14(2)29-23/h4-12,25H,3,13H2,1-2H3. The molecule has 0 saturated heterocycles. The number of aryl methyl sites for hydroxylation is 2. The molecule has 3 aromatic heterocycles. The smallest absolute Gasteiger partial charge is 0.266 e. The largest absolute Gasteiger partial charge is 0.489 e. The molecule has 0 fully saturated rings. The van der Waals surface area contributed by atoms with Gasteiger partial charge in [0, 0.05) is 23.2 Å². The Bertz CT molecular complexity index is 1300. The van der Waals surface area contributed by atoms with Crippen LogP contribution in [0.25, 0.3) is 33.4 Å². The van der Waals surface area contributed by atoms with Crippen LogP contribution in [0.15, 0.2) is 59.1 Å². The first-order valence-corrected chi connectivity index (χ1v) is 9.63. The van der Waals surface area contributed by atoms with Crippen LogP contribution < -0.4 is 4.74 Å². The molecular formula is C23H20N4O2. The van der Waals surface area contributed by atoms with Crippen molar-refractivity contribution >= 4 is 21.8 Å². The molecule has 0 amide bonds. The summed E-state index contributed by atoms with van der Waals surface area (Å²) in [7, 11) is 0. The van der Waals surface area contributed by atoms with Crippen LogP contribution >= 0.6 is 0 Å². The normalized spacial score (nSPS) is 11.4. The molecule has 5 aromatic rings. The molecule has 0 radical (unpaired) electrons. The summed E-state index contributed by atoms with van der Waals surface area (Å²) in [5.74, 6) is 1.81. The highest BCUT2D eigenvalue weighted by molar-refractivity contribution is 6.10. The molecular weight excluding hydrogens is 364 g/mol. The molecule has 5 rings (SSSR count). The summed E-state index contributed by atoms with van der Waals surface area (Å²) >= 11 is 0. The van der Waals surface area contributed by atoms with Gasteiger partial charge in [-0.15, -0.1) is 10.2 Å². The van der Waals surface area contributed by atoms with Crippen LogP contribution in [0.3, 0.4) is 0 Å². The first-order chi connectivity index (χ1) is 14.2. The van der Waals surface area contributed by atoms with E-state index in [-0.39, 0.29) is 0 Å². The number of aromatic nitrogens is 4. The summed E-state index contributed by atoms with van der Waals surface area (Å²) in [5.41, 5.74) is 4.98. The van der Waals surface area contributed by atoms with Gasteiger partial charge in [-0.25, -0.2) is 4.98 Å². The fraction of sp³-hybridized carbons (Fsp3) is 0.174. The van der Waals surface area contributed by atoms with Crippen LogP contribution in [0, 0.1) is 6.92 Å². The lowest BCUT2D eigenvalue weighted by molar-refractivity contribution is 0.306. The van der Waals surface area contributed by atoms with Crippen molar-refractivity contribution in [2.45, 2.75) is 26.9 Å². The lowest BCUT2D eigenvalue weighted by Gasteiger charge is -2.08. The Kier molecular flexibility index (Phi) is 4.24. The number of pyridine rings is 1. The van der Waals surface area contributed by atoms with E-state index in [1.54, 1.807) is 6.92 Å². The van der Waals surface area contributed by atoms with Gasteiger partial charge in [0.2, 0.25) is 5.89 Å². The van der Waals surface area contributed by atoms with Crippen molar-refractivity contribution < 1.29 is 9.15 Å². The molecule has 144 valence electrons. The highest BCUT2D eigenvalue weighted by atomic mass is 16.5. The van der Waals surface area contributed by atoms with E-state index in [4.69, 9.17) is 9.15 Å². The summed E-state index contributed by atoms with van der Waals surface area (Å²) < 4.78 is 11.7. The van der Waals surface area contributed by atoms with Crippen molar-refractivity contribution in [2.24, 2.45) is 0 Å². The van der Waals surface area contributed by atoms with E-state index in [1.165, 1.54) is 0 Å². The van der Waals surface area contributed by atoms with Crippen molar-refractivity contribution in [2.75, 3.05) is 0 Å². The number of fused-ring (bicyclic) bond motifs is 3. The van der Waals surface area contributed by atoms with Gasteiger partial charge in [-0.3, -0.25) is 0 Å². The third-order valence-electron chi connectivity index (χ3n) is 5.04. The van der Waals surface area contributed by atoms with Crippen molar-refractivity contribution in [3.8, 4) is 17.3 Å². The minimum absolute atomic E-state index is 0.451. The number of rotatable bonds is 5. The Labute approximate surface area is 167 Å². The third-order valence-corrected chi connectivity index (χ3v) is 5.04. The van der Waals surface area contributed by atoms with E-state index in [0.717, 1.165) is 50.8 Å². The zero-order valence-corrected chi connectivity index (χ0v) is 16.3. The molecule has 0 unspecified atom stereocenters. The van der Waals surface area contributed by atoms with Crippen LogP contribution in [0.2, 0.25) is 0 Å². The van der Waals surface area contributed by atoms with E-state index < -0.39 is 0 Å². The van der Waals surface area contributed by atoms with Crippen molar-refractivity contribution in [3.63, 3.8) is 0 Å². The lowest BCUT2D eigenvalue weighted by Crippen LogP contribution is -1.95. The first-order valence-electron chi connectivity index (χ1n) is 9.63. The fourth-order valence-corrected chi connectivity index (χ4v) is 3.69. The quantitative estimate of drug-likeness (QED) is 0.450. The molecule has 29 heavy (non-hydrogen) atoms. The molecule has 0 bridgehead atoms. The Morgan fingerprint density at radius 1 is 1.03 bits per heavy atom. The van der Waals surface area contributed by atoms with Gasteiger partial charge in [-0.1, -0.05) is 37.3 Å². The van der Waals surface area contributed by atoms with Gasteiger partial charge in [0.25, 0.3) is 5.89 Å². The van der Waals surface area contributed by atoms with Gasteiger partial charge < -0.3 is 14.1 Å². The Balaban J connectivity index is 1.61. The van der Waals surface area contributed by atoms with E-state index in [9.17, 15) is 0 Å². The molecule has 2 aromatic carbocycles. The van der Waals surface area contributed by atoms with Gasteiger partial charge in [0.15, 0.2) is 0 Å².